The van der Waals surface area contributed by atoms with Crippen LogP contribution in [-0.4, -0.2) is 31.8 Å². The minimum Gasteiger partial charge on any atom is -0.481 e. The summed E-state index contributed by atoms with van der Waals surface area (Å²) in [4.78, 5) is 21.7. The lowest BCUT2D eigenvalue weighted by atomic mass is 10.0. The van der Waals surface area contributed by atoms with E-state index < -0.39 is 16.8 Å². The highest BCUT2D eigenvalue weighted by atomic mass is 16.6. The van der Waals surface area contributed by atoms with E-state index in [2.05, 4.69) is 10.4 Å². The second-order valence-electron chi connectivity index (χ2n) is 4.79. The summed E-state index contributed by atoms with van der Waals surface area (Å²) in [6.07, 6.45) is 2.09. The standard InChI is InChI=1S/C11H16N4O4/c1-6-9(15(18)19)10(14(2)13-6)12-8-5-3-4-7(8)11(16)17/h7-8,12H,3-5H2,1-2H3,(H,16,17). The van der Waals surface area contributed by atoms with Gasteiger partial charge in [0.2, 0.25) is 5.82 Å². The van der Waals surface area contributed by atoms with Gasteiger partial charge in [0, 0.05) is 13.1 Å². The first-order valence-corrected chi connectivity index (χ1v) is 6.09. The number of aromatic nitrogens is 2. The number of rotatable bonds is 4. The second kappa shape index (κ2) is 4.87. The predicted octanol–water partition coefficient (Wildman–Crippen LogP) is 1.30. The summed E-state index contributed by atoms with van der Waals surface area (Å²) in [7, 11) is 1.60. The molecule has 0 spiro atoms. The van der Waals surface area contributed by atoms with Crippen LogP contribution in [0.25, 0.3) is 0 Å². The van der Waals surface area contributed by atoms with Crippen LogP contribution < -0.4 is 5.32 Å². The van der Waals surface area contributed by atoms with E-state index in [0.717, 1.165) is 6.42 Å². The van der Waals surface area contributed by atoms with Crippen LogP contribution in [0, 0.1) is 23.0 Å². The fourth-order valence-electron chi connectivity index (χ4n) is 2.63. The SMILES string of the molecule is Cc1nn(C)c(NC2CCCC2C(=O)O)c1[N+](=O)[O-]. The van der Waals surface area contributed by atoms with Gasteiger partial charge < -0.3 is 10.4 Å². The average Bonchev–Trinajstić information content (AvgIpc) is 2.85. The Bertz CT molecular complexity index is 525. The molecule has 1 aromatic rings. The summed E-state index contributed by atoms with van der Waals surface area (Å²) >= 11 is 0. The number of carboxylic acid groups (broad SMARTS) is 1. The summed E-state index contributed by atoms with van der Waals surface area (Å²) in [6, 6.07) is -0.286. The zero-order chi connectivity index (χ0) is 14.2. The number of carbonyl (C=O) groups is 1. The van der Waals surface area contributed by atoms with Gasteiger partial charge in [-0.25, -0.2) is 4.68 Å². The molecule has 0 aromatic carbocycles. The van der Waals surface area contributed by atoms with Gasteiger partial charge >= 0.3 is 11.7 Å². The van der Waals surface area contributed by atoms with Crippen molar-refractivity contribution in [3.05, 3.63) is 15.8 Å². The number of nitrogens with one attached hydrogen (secondary N) is 1. The monoisotopic (exact) mass is 268 g/mol. The topological polar surface area (TPSA) is 110 Å². The van der Waals surface area contributed by atoms with E-state index in [9.17, 15) is 14.9 Å². The van der Waals surface area contributed by atoms with Gasteiger partial charge in [-0.05, 0) is 19.8 Å². The van der Waals surface area contributed by atoms with Crippen molar-refractivity contribution < 1.29 is 14.8 Å². The maximum absolute atomic E-state index is 11.1. The van der Waals surface area contributed by atoms with Crippen LogP contribution in [0.4, 0.5) is 11.5 Å². The molecule has 2 atom stereocenters. The van der Waals surface area contributed by atoms with E-state index >= 15 is 0 Å². The van der Waals surface area contributed by atoms with Crippen molar-refractivity contribution in [3.63, 3.8) is 0 Å². The van der Waals surface area contributed by atoms with Crippen molar-refractivity contribution in [2.75, 3.05) is 5.32 Å². The van der Waals surface area contributed by atoms with Crippen molar-refractivity contribution in [3.8, 4) is 0 Å². The van der Waals surface area contributed by atoms with E-state index in [1.807, 2.05) is 0 Å². The molecule has 0 saturated heterocycles. The lowest BCUT2D eigenvalue weighted by Gasteiger charge is -2.18. The largest absolute Gasteiger partial charge is 0.481 e. The number of carboxylic acids is 1. The zero-order valence-corrected chi connectivity index (χ0v) is 10.8. The summed E-state index contributed by atoms with van der Waals surface area (Å²) in [5, 5.41) is 27.2. The normalized spacial score (nSPS) is 22.4. The Hall–Kier alpha value is -2.12. The summed E-state index contributed by atoms with van der Waals surface area (Å²) in [5.41, 5.74) is 0.235. The molecule has 0 amide bonds. The highest BCUT2D eigenvalue weighted by molar-refractivity contribution is 5.72. The molecule has 19 heavy (non-hydrogen) atoms. The van der Waals surface area contributed by atoms with E-state index in [0.29, 0.717) is 18.5 Å². The van der Waals surface area contributed by atoms with E-state index in [1.54, 1.807) is 14.0 Å². The molecule has 2 unspecified atom stereocenters. The first-order chi connectivity index (χ1) is 8.91. The van der Waals surface area contributed by atoms with Crippen molar-refractivity contribution in [2.45, 2.75) is 32.2 Å². The quantitative estimate of drug-likeness (QED) is 0.629. The molecule has 8 nitrogen and oxygen atoms in total. The molecule has 0 radical (unpaired) electrons. The van der Waals surface area contributed by atoms with Crippen LogP contribution in [0.3, 0.4) is 0 Å². The smallest absolute Gasteiger partial charge is 0.333 e. The number of aryl methyl sites for hydroxylation is 2. The van der Waals surface area contributed by atoms with Gasteiger partial charge in [-0.3, -0.25) is 14.9 Å². The molecule has 1 fully saturated rings. The number of hydrogen-bond donors (Lipinski definition) is 2. The molecule has 8 heteroatoms. The Kier molecular flexibility index (Phi) is 3.41. The molecular formula is C11H16N4O4. The van der Waals surface area contributed by atoms with Crippen LogP contribution in [0.1, 0.15) is 25.0 Å². The molecule has 1 heterocycles. The molecule has 1 saturated carbocycles. The van der Waals surface area contributed by atoms with Gasteiger partial charge in [-0.2, -0.15) is 5.10 Å². The second-order valence-corrected chi connectivity index (χ2v) is 4.79. The molecule has 0 bridgehead atoms. The Labute approximate surface area is 109 Å². The molecule has 1 aliphatic rings. The van der Waals surface area contributed by atoms with Crippen molar-refractivity contribution in [2.24, 2.45) is 13.0 Å². The lowest BCUT2D eigenvalue weighted by molar-refractivity contribution is -0.384. The highest BCUT2D eigenvalue weighted by Gasteiger charge is 2.35. The van der Waals surface area contributed by atoms with Crippen LogP contribution >= 0.6 is 0 Å². The summed E-state index contributed by atoms with van der Waals surface area (Å²) in [6.45, 7) is 1.56. The summed E-state index contributed by atoms with van der Waals surface area (Å²) in [5.74, 6) is -1.09. The number of aliphatic carboxylic acids is 1. The van der Waals surface area contributed by atoms with Gasteiger partial charge in [0.1, 0.15) is 5.69 Å². The molecule has 2 N–H and O–H groups in total. The first-order valence-electron chi connectivity index (χ1n) is 6.09. The molecule has 0 aliphatic heterocycles. The third kappa shape index (κ3) is 2.38. The van der Waals surface area contributed by atoms with E-state index in [-0.39, 0.29) is 17.5 Å². The van der Waals surface area contributed by atoms with Crippen molar-refractivity contribution in [1.82, 2.24) is 9.78 Å². The van der Waals surface area contributed by atoms with Crippen LogP contribution in [0.2, 0.25) is 0 Å². The molecular weight excluding hydrogens is 252 g/mol. The van der Waals surface area contributed by atoms with Gasteiger partial charge in [0.05, 0.1) is 10.8 Å². The lowest BCUT2D eigenvalue weighted by Crippen LogP contribution is -2.30. The van der Waals surface area contributed by atoms with Crippen LogP contribution in [0.5, 0.6) is 0 Å². The Morgan fingerprint density at radius 1 is 1.58 bits per heavy atom. The number of nitrogens with zero attached hydrogens (tertiary/aromatic N) is 3. The average molecular weight is 268 g/mol. The van der Waals surface area contributed by atoms with Crippen molar-refractivity contribution >= 4 is 17.5 Å². The fourth-order valence-corrected chi connectivity index (χ4v) is 2.63. The van der Waals surface area contributed by atoms with Crippen LogP contribution in [0.15, 0.2) is 0 Å². The third-order valence-corrected chi connectivity index (χ3v) is 3.53. The van der Waals surface area contributed by atoms with Gasteiger partial charge in [-0.1, -0.05) is 6.42 Å². The summed E-state index contributed by atoms with van der Waals surface area (Å²) < 4.78 is 1.39. The van der Waals surface area contributed by atoms with E-state index in [1.165, 1.54) is 4.68 Å². The van der Waals surface area contributed by atoms with Gasteiger partial charge in [0.25, 0.3) is 0 Å². The minimum atomic E-state index is -0.864. The Balaban J connectivity index is 2.28. The van der Waals surface area contributed by atoms with E-state index in [4.69, 9.17) is 5.11 Å². The third-order valence-electron chi connectivity index (χ3n) is 3.53. The Morgan fingerprint density at radius 2 is 2.26 bits per heavy atom. The fraction of sp³-hybridized carbons (Fsp3) is 0.636. The predicted molar refractivity (Wildman–Crippen MR) is 67.0 cm³/mol. The highest BCUT2D eigenvalue weighted by Crippen LogP contribution is 2.33. The van der Waals surface area contributed by atoms with Gasteiger partial charge in [0.15, 0.2) is 0 Å². The molecule has 2 rings (SSSR count). The molecule has 1 aliphatic carbocycles. The first kappa shape index (κ1) is 13.3. The van der Waals surface area contributed by atoms with Gasteiger partial charge in [-0.15, -0.1) is 0 Å². The Morgan fingerprint density at radius 3 is 2.84 bits per heavy atom. The number of hydrogen-bond acceptors (Lipinski definition) is 5. The maximum atomic E-state index is 11.1. The molecule has 104 valence electrons. The van der Waals surface area contributed by atoms with Crippen molar-refractivity contribution in [1.29, 1.82) is 0 Å². The number of anilines is 1. The number of nitro groups is 1. The minimum absolute atomic E-state index is 0.0847. The maximum Gasteiger partial charge on any atom is 0.333 e. The molecule has 1 aromatic heterocycles. The zero-order valence-electron chi connectivity index (χ0n) is 10.8. The van der Waals surface area contributed by atoms with Crippen LogP contribution in [-0.2, 0) is 11.8 Å².